The molecule has 0 atom stereocenters. The molecule has 0 aliphatic carbocycles. The lowest BCUT2D eigenvalue weighted by Gasteiger charge is -2.66. The Morgan fingerprint density at radius 1 is 0.600 bits per heavy atom. The summed E-state index contributed by atoms with van der Waals surface area (Å²) in [6.45, 7) is 15.7. The third kappa shape index (κ3) is 4.89. The van der Waals surface area contributed by atoms with Crippen molar-refractivity contribution in [3.63, 3.8) is 0 Å². The van der Waals surface area contributed by atoms with Gasteiger partial charge in [-0.25, -0.2) is 0 Å². The largest absolute Gasteiger partial charge is 0.784 e. The summed E-state index contributed by atoms with van der Waals surface area (Å²) in [4.78, 5) is 0. The zero-order valence-corrected chi connectivity index (χ0v) is 20.2. The van der Waals surface area contributed by atoms with Crippen molar-refractivity contribution in [1.29, 1.82) is 0 Å². The van der Waals surface area contributed by atoms with E-state index >= 15 is 0 Å². The van der Waals surface area contributed by atoms with E-state index in [1.165, 1.54) is 10.1 Å². The fraction of sp³-hybridized carbons (Fsp3) is 1.00. The van der Waals surface area contributed by atoms with Crippen LogP contribution in [0.1, 0.15) is 92.9 Å². The van der Waals surface area contributed by atoms with Gasteiger partial charge in [0.15, 0.2) is 0 Å². The first-order valence-electron chi connectivity index (χ1n) is 12.0. The molecular weight excluding hydrogens is 380 g/mol. The molecule has 0 bridgehead atoms. The van der Waals surface area contributed by atoms with E-state index in [-0.39, 0.29) is 22.2 Å². The Morgan fingerprint density at radius 2 is 0.933 bits per heavy atom. The van der Waals surface area contributed by atoms with Crippen LogP contribution in [0.5, 0.6) is 0 Å². The third-order valence-electron chi connectivity index (χ3n) is 7.96. The second-order valence-electron chi connectivity index (χ2n) is 11.9. The Hall–Kier alpha value is -0.240. The number of hydrogen-bond donors (Lipinski definition) is 0. The Balaban J connectivity index is 0.000000187. The zero-order valence-electron chi connectivity index (χ0n) is 20.2. The predicted molar refractivity (Wildman–Crippen MR) is 121 cm³/mol. The van der Waals surface area contributed by atoms with Gasteiger partial charge in [-0.05, 0) is 90.9 Å². The number of piperidine rings is 2. The van der Waals surface area contributed by atoms with Crippen LogP contribution in [0, 0.1) is 22.3 Å². The first-order chi connectivity index (χ1) is 13.9. The van der Waals surface area contributed by atoms with Gasteiger partial charge < -0.3 is 30.0 Å². The monoisotopic (exact) mass is 424 g/mol. The summed E-state index contributed by atoms with van der Waals surface area (Å²) in [5.41, 5.74) is -0.650. The summed E-state index contributed by atoms with van der Waals surface area (Å²) in [6, 6.07) is 0. The van der Waals surface area contributed by atoms with E-state index in [4.69, 9.17) is 9.47 Å². The van der Waals surface area contributed by atoms with Gasteiger partial charge in [-0.1, -0.05) is 13.8 Å². The second-order valence-corrected chi connectivity index (χ2v) is 11.9. The van der Waals surface area contributed by atoms with Crippen LogP contribution in [0.15, 0.2) is 0 Å². The van der Waals surface area contributed by atoms with Crippen LogP contribution >= 0.6 is 0 Å². The number of ether oxygens (including phenoxy) is 2. The number of nitrogens with zero attached hydrogens (tertiary/aromatic N) is 2. The number of hydroxylamine groups is 4. The van der Waals surface area contributed by atoms with E-state index in [9.17, 15) is 10.4 Å². The highest BCUT2D eigenvalue weighted by molar-refractivity contribution is 5.08. The molecule has 30 heavy (non-hydrogen) atoms. The molecule has 0 N–H and O–H groups in total. The molecule has 0 radical (unpaired) electrons. The molecule has 0 aromatic carbocycles. The lowest BCUT2D eigenvalue weighted by molar-refractivity contribution is -0.130. The summed E-state index contributed by atoms with van der Waals surface area (Å²) in [5, 5.41) is 27.6. The van der Waals surface area contributed by atoms with Gasteiger partial charge in [-0.15, -0.1) is 0 Å². The molecule has 4 fully saturated rings. The summed E-state index contributed by atoms with van der Waals surface area (Å²) in [7, 11) is 0. The highest BCUT2D eigenvalue weighted by Crippen LogP contribution is 2.49. The topological polar surface area (TPSA) is 71.1 Å². The summed E-state index contributed by atoms with van der Waals surface area (Å²) >= 11 is 0. The Labute approximate surface area is 183 Å². The van der Waals surface area contributed by atoms with Crippen molar-refractivity contribution in [3.05, 3.63) is 10.4 Å². The maximum atomic E-state index is 13.0. The fourth-order valence-corrected chi connectivity index (χ4v) is 7.12. The number of hydrogen-bond acceptors (Lipinski definition) is 6. The van der Waals surface area contributed by atoms with Crippen LogP contribution in [-0.4, -0.2) is 58.7 Å². The normalized spacial score (nSPS) is 32.0. The van der Waals surface area contributed by atoms with Gasteiger partial charge in [0.25, 0.3) is 0 Å². The SMILES string of the molecule is CC1CC(C)(C)N([O-])C(C)(C)C1.CC1CC2(CCOCC2)N([O-])C2(CCOCC2)C1. The van der Waals surface area contributed by atoms with Crippen molar-refractivity contribution in [2.45, 2.75) is 115 Å². The lowest BCUT2D eigenvalue weighted by Crippen LogP contribution is -2.65. The molecule has 176 valence electrons. The van der Waals surface area contributed by atoms with Crippen molar-refractivity contribution in [3.8, 4) is 0 Å². The van der Waals surface area contributed by atoms with E-state index in [1.54, 1.807) is 0 Å². The highest BCUT2D eigenvalue weighted by Gasteiger charge is 2.49. The second kappa shape index (κ2) is 8.95. The smallest absolute Gasteiger partial charge is 0.0483 e. The summed E-state index contributed by atoms with van der Waals surface area (Å²) < 4.78 is 10.9. The molecular formula is C24H44N2O4-2. The van der Waals surface area contributed by atoms with Crippen molar-refractivity contribution in [2.75, 3.05) is 26.4 Å². The maximum absolute atomic E-state index is 13.0. The van der Waals surface area contributed by atoms with Crippen LogP contribution in [0.4, 0.5) is 0 Å². The van der Waals surface area contributed by atoms with Gasteiger partial charge in [0.05, 0.1) is 0 Å². The minimum atomic E-state index is -0.179. The van der Waals surface area contributed by atoms with Gasteiger partial charge in [0.2, 0.25) is 0 Å². The quantitative estimate of drug-likeness (QED) is 0.539. The van der Waals surface area contributed by atoms with Gasteiger partial charge in [0, 0.05) is 48.6 Å². The van der Waals surface area contributed by atoms with E-state index in [2.05, 4.69) is 13.8 Å². The molecule has 2 spiro atoms. The molecule has 0 aromatic heterocycles. The standard InChI is InChI=1S/C14H24NO3.C10H20NO/c1-12-10-13(2-6-17-7-3-13)15(16)14(11-12)4-8-18-9-5-14;1-8-6-9(2,3)11(12)10(4,5)7-8/h12H,2-11H2,1H3;8H,6-7H2,1-5H3/q2*-1. The lowest BCUT2D eigenvalue weighted by atomic mass is 9.67. The molecule has 4 aliphatic heterocycles. The highest BCUT2D eigenvalue weighted by atomic mass is 16.5. The number of rotatable bonds is 0. The maximum Gasteiger partial charge on any atom is 0.0483 e. The van der Waals surface area contributed by atoms with Crippen LogP contribution < -0.4 is 0 Å². The van der Waals surface area contributed by atoms with E-state index < -0.39 is 0 Å². The van der Waals surface area contributed by atoms with Gasteiger partial charge in [-0.2, -0.15) is 0 Å². The van der Waals surface area contributed by atoms with Crippen LogP contribution in [-0.2, 0) is 9.47 Å². The minimum absolute atomic E-state index is 0.146. The Morgan fingerprint density at radius 3 is 1.30 bits per heavy atom. The average Bonchev–Trinajstić information content (AvgIpc) is 2.65. The fourth-order valence-electron chi connectivity index (χ4n) is 7.12. The molecule has 0 unspecified atom stereocenters. The molecule has 0 amide bonds. The molecule has 4 rings (SSSR count). The first kappa shape index (κ1) is 24.4. The van der Waals surface area contributed by atoms with E-state index in [0.29, 0.717) is 11.8 Å². The van der Waals surface area contributed by atoms with Crippen molar-refractivity contribution >= 4 is 0 Å². The average molecular weight is 425 g/mol. The Bertz CT molecular complexity index is 522. The minimum Gasteiger partial charge on any atom is -0.784 e. The van der Waals surface area contributed by atoms with E-state index in [1.807, 2.05) is 27.7 Å². The molecule has 0 aromatic rings. The third-order valence-corrected chi connectivity index (χ3v) is 7.96. The van der Waals surface area contributed by atoms with Crippen molar-refractivity contribution in [2.24, 2.45) is 11.8 Å². The molecule has 4 aliphatic rings. The van der Waals surface area contributed by atoms with Crippen LogP contribution in [0.2, 0.25) is 0 Å². The van der Waals surface area contributed by atoms with Gasteiger partial charge in [0.1, 0.15) is 0 Å². The van der Waals surface area contributed by atoms with Crippen molar-refractivity contribution in [1.82, 2.24) is 10.1 Å². The van der Waals surface area contributed by atoms with Gasteiger partial charge >= 0.3 is 0 Å². The summed E-state index contributed by atoms with van der Waals surface area (Å²) in [5.74, 6) is 1.31. The zero-order chi connectivity index (χ0) is 22.2. The molecule has 4 heterocycles. The van der Waals surface area contributed by atoms with Crippen LogP contribution in [0.25, 0.3) is 0 Å². The van der Waals surface area contributed by atoms with Gasteiger partial charge in [-0.3, -0.25) is 0 Å². The molecule has 6 heteroatoms. The summed E-state index contributed by atoms with van der Waals surface area (Å²) in [6.07, 6.45) is 7.74. The Kier molecular flexibility index (Phi) is 7.28. The van der Waals surface area contributed by atoms with Crippen molar-refractivity contribution < 1.29 is 9.47 Å². The van der Waals surface area contributed by atoms with Crippen LogP contribution in [0.3, 0.4) is 0 Å². The first-order valence-corrected chi connectivity index (χ1v) is 12.0. The molecule has 0 saturated carbocycles. The predicted octanol–water partition coefficient (Wildman–Crippen LogP) is 5.09. The molecule has 6 nitrogen and oxygen atoms in total. The van der Waals surface area contributed by atoms with E-state index in [0.717, 1.165) is 77.8 Å². The molecule has 4 saturated heterocycles.